The third-order valence-corrected chi connectivity index (χ3v) is 4.33. The van der Waals surface area contributed by atoms with E-state index in [9.17, 15) is 13.6 Å². The molecule has 5 heteroatoms. The smallest absolute Gasteiger partial charge is 0.341 e. The summed E-state index contributed by atoms with van der Waals surface area (Å²) in [4.78, 5) is 12.0. The van der Waals surface area contributed by atoms with E-state index in [-0.39, 0.29) is 18.5 Å². The number of halogens is 2. The molecule has 2 aromatic carbocycles. The van der Waals surface area contributed by atoms with Crippen LogP contribution in [0.5, 0.6) is 5.75 Å². The Kier molecular flexibility index (Phi) is 5.64. The number of benzene rings is 2. The molecule has 0 bridgehead atoms. The van der Waals surface area contributed by atoms with E-state index in [1.165, 1.54) is 12.1 Å². The van der Waals surface area contributed by atoms with Crippen LogP contribution in [-0.2, 0) is 11.3 Å². The van der Waals surface area contributed by atoms with Crippen LogP contribution in [0.3, 0.4) is 0 Å². The number of esters is 1. The maximum absolute atomic E-state index is 14.2. The zero-order valence-corrected chi connectivity index (χ0v) is 13.8. The van der Waals surface area contributed by atoms with Gasteiger partial charge in [0.05, 0.1) is 11.7 Å². The second kappa shape index (κ2) is 8.10. The van der Waals surface area contributed by atoms with Crippen LogP contribution < -0.4 is 4.74 Å². The lowest BCUT2D eigenvalue weighted by molar-refractivity contribution is 0.0465. The second-order valence-corrected chi connectivity index (χ2v) is 6.18. The fraction of sp³-hybridized carbons (Fsp3) is 0.350. The van der Waals surface area contributed by atoms with Crippen LogP contribution in [0.15, 0.2) is 42.5 Å². The first-order valence-electron chi connectivity index (χ1n) is 8.51. The molecule has 0 N–H and O–H groups in total. The summed E-state index contributed by atoms with van der Waals surface area (Å²) < 4.78 is 39.1. The molecule has 1 saturated carbocycles. The minimum atomic E-state index is -1.23. The van der Waals surface area contributed by atoms with E-state index in [0.717, 1.165) is 37.7 Å². The lowest BCUT2D eigenvalue weighted by Crippen LogP contribution is -2.20. The van der Waals surface area contributed by atoms with E-state index in [1.807, 2.05) is 6.07 Å². The molecule has 0 spiro atoms. The summed E-state index contributed by atoms with van der Waals surface area (Å²) in [6.07, 6.45) is 4.77. The van der Waals surface area contributed by atoms with Gasteiger partial charge in [-0.1, -0.05) is 36.8 Å². The normalized spacial score (nSPS) is 15.0. The van der Waals surface area contributed by atoms with Gasteiger partial charge in [0.25, 0.3) is 0 Å². The van der Waals surface area contributed by atoms with Crippen molar-refractivity contribution >= 4 is 5.97 Å². The highest BCUT2D eigenvalue weighted by Crippen LogP contribution is 2.28. The van der Waals surface area contributed by atoms with Crippen LogP contribution >= 0.6 is 0 Å². The molecule has 3 rings (SSSR count). The van der Waals surface area contributed by atoms with Crippen molar-refractivity contribution in [3.8, 4) is 5.75 Å². The van der Waals surface area contributed by atoms with Crippen molar-refractivity contribution in [2.45, 2.75) is 44.8 Å². The van der Waals surface area contributed by atoms with Gasteiger partial charge in [-0.3, -0.25) is 0 Å². The third kappa shape index (κ3) is 4.35. The Bertz CT molecular complexity index is 725. The zero-order chi connectivity index (χ0) is 17.6. The minimum absolute atomic E-state index is 0.00105. The molecule has 1 fully saturated rings. The maximum Gasteiger partial charge on any atom is 0.341 e. The summed E-state index contributed by atoms with van der Waals surface area (Å²) in [5.74, 6) is -3.42. The van der Waals surface area contributed by atoms with Crippen molar-refractivity contribution in [1.29, 1.82) is 0 Å². The van der Waals surface area contributed by atoms with Crippen molar-refractivity contribution in [3.05, 3.63) is 65.2 Å². The highest BCUT2D eigenvalue weighted by Gasteiger charge is 2.23. The Morgan fingerprint density at radius 1 is 0.960 bits per heavy atom. The Hall–Kier alpha value is -2.43. The molecule has 25 heavy (non-hydrogen) atoms. The summed E-state index contributed by atoms with van der Waals surface area (Å²) in [6.45, 7) is 0.00105. The summed E-state index contributed by atoms with van der Waals surface area (Å²) in [5.41, 5.74) is 0.346. The van der Waals surface area contributed by atoms with Gasteiger partial charge in [0.2, 0.25) is 5.82 Å². The zero-order valence-electron chi connectivity index (χ0n) is 13.8. The molecule has 1 aliphatic carbocycles. The van der Waals surface area contributed by atoms with Crippen LogP contribution in [-0.4, -0.2) is 12.1 Å². The molecule has 0 amide bonds. The number of ether oxygens (including phenoxy) is 2. The van der Waals surface area contributed by atoms with E-state index in [4.69, 9.17) is 9.47 Å². The number of hydrogen-bond acceptors (Lipinski definition) is 3. The predicted octanol–water partition coefficient (Wildman–Crippen LogP) is 5.03. The van der Waals surface area contributed by atoms with Gasteiger partial charge in [0.1, 0.15) is 6.61 Å². The summed E-state index contributed by atoms with van der Waals surface area (Å²) in [7, 11) is 0. The lowest BCUT2D eigenvalue weighted by atomic mass is 9.98. The minimum Gasteiger partial charge on any atom is -0.487 e. The van der Waals surface area contributed by atoms with E-state index in [2.05, 4.69) is 0 Å². The molecule has 3 nitrogen and oxygen atoms in total. The van der Waals surface area contributed by atoms with Crippen molar-refractivity contribution in [2.24, 2.45) is 0 Å². The molecule has 0 unspecified atom stereocenters. The summed E-state index contributed by atoms with van der Waals surface area (Å²) in [5, 5.41) is 0. The first-order chi connectivity index (χ1) is 12.1. The predicted molar refractivity (Wildman–Crippen MR) is 89.4 cm³/mol. The van der Waals surface area contributed by atoms with Crippen molar-refractivity contribution < 1.29 is 23.0 Å². The van der Waals surface area contributed by atoms with E-state index in [0.29, 0.717) is 0 Å². The van der Waals surface area contributed by atoms with Crippen LogP contribution in [0.4, 0.5) is 8.78 Å². The first-order valence-corrected chi connectivity index (χ1v) is 8.51. The second-order valence-electron chi connectivity index (χ2n) is 6.18. The Morgan fingerprint density at radius 2 is 1.68 bits per heavy atom. The van der Waals surface area contributed by atoms with Crippen LogP contribution in [0.2, 0.25) is 0 Å². The van der Waals surface area contributed by atoms with Gasteiger partial charge in [-0.25, -0.2) is 9.18 Å². The molecule has 2 aromatic rings. The molecule has 0 atom stereocenters. The summed E-state index contributed by atoms with van der Waals surface area (Å²) in [6, 6.07) is 11.5. The molecule has 132 valence electrons. The number of carbonyl (C=O) groups is 1. The Morgan fingerprint density at radius 3 is 2.40 bits per heavy atom. The summed E-state index contributed by atoms with van der Waals surface area (Å²) >= 11 is 0. The van der Waals surface area contributed by atoms with Crippen molar-refractivity contribution in [1.82, 2.24) is 0 Å². The van der Waals surface area contributed by atoms with Crippen molar-refractivity contribution in [3.63, 3.8) is 0 Å². The first kappa shape index (κ1) is 17.4. The van der Waals surface area contributed by atoms with Gasteiger partial charge >= 0.3 is 5.97 Å². The average Bonchev–Trinajstić information content (AvgIpc) is 2.65. The molecule has 0 radical (unpaired) electrons. The molecular weight excluding hydrogens is 326 g/mol. The molecular formula is C20H20F2O3. The SMILES string of the molecule is O=C(OCc1ccccc1)c1ccc(OC2CCCCC2)c(F)c1F. The number of hydrogen-bond donors (Lipinski definition) is 0. The topological polar surface area (TPSA) is 35.5 Å². The van der Waals surface area contributed by atoms with Gasteiger partial charge in [0.15, 0.2) is 11.6 Å². The van der Waals surface area contributed by atoms with E-state index in [1.54, 1.807) is 24.3 Å². The third-order valence-electron chi connectivity index (χ3n) is 4.33. The largest absolute Gasteiger partial charge is 0.487 e. The van der Waals surface area contributed by atoms with Gasteiger partial charge in [-0.15, -0.1) is 0 Å². The Balaban J connectivity index is 1.67. The molecule has 0 heterocycles. The molecule has 1 aliphatic rings. The van der Waals surface area contributed by atoms with Crippen molar-refractivity contribution in [2.75, 3.05) is 0 Å². The van der Waals surface area contributed by atoms with E-state index < -0.39 is 23.2 Å². The van der Waals surface area contributed by atoms with Crippen LogP contribution in [0.1, 0.15) is 48.0 Å². The molecule has 0 saturated heterocycles. The average molecular weight is 346 g/mol. The highest BCUT2D eigenvalue weighted by molar-refractivity contribution is 5.89. The number of carbonyl (C=O) groups excluding carboxylic acids is 1. The molecule has 0 aliphatic heterocycles. The van der Waals surface area contributed by atoms with Crippen LogP contribution in [0.25, 0.3) is 0 Å². The highest BCUT2D eigenvalue weighted by atomic mass is 19.2. The lowest BCUT2D eigenvalue weighted by Gasteiger charge is -2.23. The fourth-order valence-electron chi connectivity index (χ4n) is 2.94. The van der Waals surface area contributed by atoms with Gasteiger partial charge in [-0.2, -0.15) is 4.39 Å². The van der Waals surface area contributed by atoms with Crippen LogP contribution in [0, 0.1) is 11.6 Å². The quantitative estimate of drug-likeness (QED) is 0.712. The van der Waals surface area contributed by atoms with Gasteiger partial charge in [0, 0.05) is 0 Å². The van der Waals surface area contributed by atoms with E-state index >= 15 is 0 Å². The number of rotatable bonds is 5. The fourth-order valence-corrected chi connectivity index (χ4v) is 2.94. The maximum atomic E-state index is 14.2. The standard InChI is InChI=1S/C20H20F2O3/c21-18-16(20(23)24-13-14-7-3-1-4-8-14)11-12-17(19(18)22)25-15-9-5-2-6-10-15/h1,3-4,7-8,11-12,15H,2,5-6,9-10,13H2. The monoisotopic (exact) mass is 346 g/mol. The van der Waals surface area contributed by atoms with Gasteiger partial charge in [-0.05, 0) is 43.4 Å². The Labute approximate surface area is 145 Å². The van der Waals surface area contributed by atoms with Gasteiger partial charge < -0.3 is 9.47 Å². The molecule has 0 aromatic heterocycles.